The smallest absolute Gasteiger partial charge is 0.147 e. The van der Waals surface area contributed by atoms with Crippen molar-refractivity contribution in [3.05, 3.63) is 60.6 Å². The first-order chi connectivity index (χ1) is 10.3. The standard InChI is InChI=1S/C17H17N3O/c1-20(17-11-18-7-8-19-17)12-13-3-4-15-10-16(21-2)6-5-14(15)9-13/h3-11H,12H2,1-2H3. The summed E-state index contributed by atoms with van der Waals surface area (Å²) in [5.41, 5.74) is 1.24. The predicted molar refractivity (Wildman–Crippen MR) is 84.6 cm³/mol. The van der Waals surface area contributed by atoms with Crippen LogP contribution in [0.4, 0.5) is 5.82 Å². The maximum atomic E-state index is 5.25. The van der Waals surface area contributed by atoms with Gasteiger partial charge in [-0.05, 0) is 34.5 Å². The normalized spacial score (nSPS) is 10.6. The van der Waals surface area contributed by atoms with Gasteiger partial charge in [0.1, 0.15) is 11.6 Å². The van der Waals surface area contributed by atoms with Crippen LogP contribution in [-0.4, -0.2) is 24.1 Å². The summed E-state index contributed by atoms with van der Waals surface area (Å²) in [6.45, 7) is 0.792. The molecule has 0 saturated heterocycles. The van der Waals surface area contributed by atoms with Crippen LogP contribution in [0.2, 0.25) is 0 Å². The summed E-state index contributed by atoms with van der Waals surface area (Å²) >= 11 is 0. The molecule has 106 valence electrons. The fourth-order valence-electron chi connectivity index (χ4n) is 2.34. The SMILES string of the molecule is COc1ccc2cc(CN(C)c3cnccn3)ccc2c1. The number of hydrogen-bond acceptors (Lipinski definition) is 4. The number of anilines is 1. The first-order valence-electron chi connectivity index (χ1n) is 6.80. The molecule has 0 atom stereocenters. The van der Waals surface area contributed by atoms with Crippen molar-refractivity contribution in [3.63, 3.8) is 0 Å². The van der Waals surface area contributed by atoms with Crippen LogP contribution in [0.3, 0.4) is 0 Å². The zero-order valence-electron chi connectivity index (χ0n) is 12.2. The van der Waals surface area contributed by atoms with Gasteiger partial charge in [-0.2, -0.15) is 0 Å². The van der Waals surface area contributed by atoms with E-state index < -0.39 is 0 Å². The van der Waals surface area contributed by atoms with E-state index in [0.717, 1.165) is 18.1 Å². The van der Waals surface area contributed by atoms with Crippen LogP contribution >= 0.6 is 0 Å². The fourth-order valence-corrected chi connectivity index (χ4v) is 2.34. The highest BCUT2D eigenvalue weighted by Crippen LogP contribution is 2.22. The highest BCUT2D eigenvalue weighted by atomic mass is 16.5. The molecule has 1 aromatic heterocycles. The Morgan fingerprint density at radius 3 is 2.62 bits per heavy atom. The lowest BCUT2D eigenvalue weighted by Gasteiger charge is -2.17. The number of aromatic nitrogens is 2. The molecule has 4 nitrogen and oxygen atoms in total. The van der Waals surface area contributed by atoms with Crippen LogP contribution < -0.4 is 9.64 Å². The molecule has 3 aromatic rings. The number of benzene rings is 2. The van der Waals surface area contributed by atoms with E-state index in [9.17, 15) is 0 Å². The van der Waals surface area contributed by atoms with Crippen LogP contribution in [0.5, 0.6) is 5.75 Å². The highest BCUT2D eigenvalue weighted by Gasteiger charge is 2.04. The average molecular weight is 279 g/mol. The molecule has 0 aliphatic rings. The summed E-state index contributed by atoms with van der Waals surface area (Å²) in [6.07, 6.45) is 5.16. The molecule has 4 heteroatoms. The molecule has 0 spiro atoms. The van der Waals surface area contributed by atoms with Crippen molar-refractivity contribution in [2.45, 2.75) is 6.54 Å². The van der Waals surface area contributed by atoms with Crippen LogP contribution in [0.25, 0.3) is 10.8 Å². The number of methoxy groups -OCH3 is 1. The average Bonchev–Trinajstić information content (AvgIpc) is 2.55. The Labute approximate surface area is 124 Å². The van der Waals surface area contributed by atoms with Gasteiger partial charge in [0.2, 0.25) is 0 Å². The van der Waals surface area contributed by atoms with Crippen LogP contribution in [0.1, 0.15) is 5.56 Å². The monoisotopic (exact) mass is 279 g/mol. The van der Waals surface area contributed by atoms with E-state index in [4.69, 9.17) is 4.74 Å². The fraction of sp³-hybridized carbons (Fsp3) is 0.176. The summed E-state index contributed by atoms with van der Waals surface area (Å²) in [5.74, 6) is 1.75. The first kappa shape index (κ1) is 13.4. The molecular formula is C17H17N3O. The molecule has 1 heterocycles. The molecule has 0 bridgehead atoms. The van der Waals surface area contributed by atoms with Crippen molar-refractivity contribution in [1.29, 1.82) is 0 Å². The second-order valence-corrected chi connectivity index (χ2v) is 4.97. The lowest BCUT2D eigenvalue weighted by Crippen LogP contribution is -2.17. The number of hydrogen-bond donors (Lipinski definition) is 0. The lowest BCUT2D eigenvalue weighted by atomic mass is 10.1. The van der Waals surface area contributed by atoms with Gasteiger partial charge in [0.15, 0.2) is 0 Å². The van der Waals surface area contributed by atoms with Gasteiger partial charge < -0.3 is 9.64 Å². The molecular weight excluding hydrogens is 262 g/mol. The van der Waals surface area contributed by atoms with Gasteiger partial charge in [0.05, 0.1) is 13.3 Å². The van der Waals surface area contributed by atoms with Gasteiger partial charge in [-0.3, -0.25) is 4.98 Å². The summed E-state index contributed by atoms with van der Waals surface area (Å²) in [4.78, 5) is 10.5. The van der Waals surface area contributed by atoms with Gasteiger partial charge in [-0.15, -0.1) is 0 Å². The van der Waals surface area contributed by atoms with Crippen LogP contribution in [0, 0.1) is 0 Å². The quantitative estimate of drug-likeness (QED) is 0.734. The van der Waals surface area contributed by atoms with Crippen molar-refractivity contribution in [2.75, 3.05) is 19.1 Å². The maximum Gasteiger partial charge on any atom is 0.147 e. The Balaban J connectivity index is 1.84. The number of ether oxygens (including phenoxy) is 1. The Hall–Kier alpha value is -2.62. The molecule has 2 aromatic carbocycles. The van der Waals surface area contributed by atoms with Crippen molar-refractivity contribution in [2.24, 2.45) is 0 Å². The van der Waals surface area contributed by atoms with Crippen molar-refractivity contribution in [1.82, 2.24) is 9.97 Å². The van der Waals surface area contributed by atoms with Crippen LogP contribution in [0.15, 0.2) is 55.0 Å². The van der Waals surface area contributed by atoms with E-state index in [2.05, 4.69) is 39.1 Å². The summed E-state index contributed by atoms with van der Waals surface area (Å²) in [5, 5.41) is 2.39. The zero-order valence-corrected chi connectivity index (χ0v) is 12.2. The second kappa shape index (κ2) is 5.79. The minimum absolute atomic E-state index is 0.792. The van der Waals surface area contributed by atoms with E-state index in [1.807, 2.05) is 19.2 Å². The minimum atomic E-state index is 0.792. The van der Waals surface area contributed by atoms with E-state index in [1.165, 1.54) is 16.3 Å². The van der Waals surface area contributed by atoms with Crippen molar-refractivity contribution >= 4 is 16.6 Å². The highest BCUT2D eigenvalue weighted by molar-refractivity contribution is 5.84. The number of fused-ring (bicyclic) bond motifs is 1. The van der Waals surface area contributed by atoms with Crippen LogP contribution in [-0.2, 0) is 6.54 Å². The summed E-state index contributed by atoms with van der Waals surface area (Å²) in [6, 6.07) is 12.6. The van der Waals surface area contributed by atoms with E-state index in [0.29, 0.717) is 0 Å². The minimum Gasteiger partial charge on any atom is -0.497 e. The maximum absolute atomic E-state index is 5.25. The third-order valence-corrected chi connectivity index (χ3v) is 3.47. The molecule has 0 saturated carbocycles. The molecule has 0 N–H and O–H groups in total. The molecule has 0 aliphatic carbocycles. The largest absolute Gasteiger partial charge is 0.497 e. The number of nitrogens with zero attached hydrogens (tertiary/aromatic N) is 3. The van der Waals surface area contributed by atoms with Gasteiger partial charge in [0, 0.05) is 26.0 Å². The Morgan fingerprint density at radius 2 is 1.86 bits per heavy atom. The topological polar surface area (TPSA) is 38.2 Å². The Bertz CT molecular complexity index is 743. The first-order valence-corrected chi connectivity index (χ1v) is 6.80. The third-order valence-electron chi connectivity index (χ3n) is 3.47. The number of rotatable bonds is 4. The van der Waals surface area contributed by atoms with Gasteiger partial charge in [-0.1, -0.05) is 18.2 Å². The van der Waals surface area contributed by atoms with E-state index in [-0.39, 0.29) is 0 Å². The Kier molecular flexibility index (Phi) is 3.69. The van der Waals surface area contributed by atoms with Gasteiger partial charge >= 0.3 is 0 Å². The third kappa shape index (κ3) is 2.94. The second-order valence-electron chi connectivity index (χ2n) is 4.97. The predicted octanol–water partition coefficient (Wildman–Crippen LogP) is 3.27. The zero-order chi connectivity index (χ0) is 14.7. The summed E-state index contributed by atoms with van der Waals surface area (Å²) < 4.78 is 5.25. The molecule has 0 amide bonds. The Morgan fingerprint density at radius 1 is 1.05 bits per heavy atom. The summed E-state index contributed by atoms with van der Waals surface area (Å²) in [7, 11) is 3.70. The van der Waals surface area contributed by atoms with Gasteiger partial charge in [0.25, 0.3) is 0 Å². The van der Waals surface area contributed by atoms with E-state index >= 15 is 0 Å². The van der Waals surface area contributed by atoms with Gasteiger partial charge in [-0.25, -0.2) is 4.98 Å². The molecule has 3 rings (SSSR count). The molecule has 21 heavy (non-hydrogen) atoms. The van der Waals surface area contributed by atoms with Crippen molar-refractivity contribution < 1.29 is 4.74 Å². The van der Waals surface area contributed by atoms with E-state index in [1.54, 1.807) is 25.7 Å². The molecule has 0 aliphatic heterocycles. The lowest BCUT2D eigenvalue weighted by molar-refractivity contribution is 0.415. The molecule has 0 unspecified atom stereocenters. The molecule has 0 radical (unpaired) electrons. The molecule has 0 fully saturated rings. The van der Waals surface area contributed by atoms with Crippen molar-refractivity contribution in [3.8, 4) is 5.75 Å².